The summed E-state index contributed by atoms with van der Waals surface area (Å²) >= 11 is 0. The summed E-state index contributed by atoms with van der Waals surface area (Å²) in [5.74, 6) is -0.819. The highest BCUT2D eigenvalue weighted by Gasteiger charge is 2.29. The molecule has 0 aliphatic carbocycles. The molecule has 1 saturated heterocycles. The number of piperidine rings is 1. The summed E-state index contributed by atoms with van der Waals surface area (Å²) in [6, 6.07) is 0. The highest BCUT2D eigenvalue weighted by molar-refractivity contribution is 5.78. The van der Waals surface area contributed by atoms with Crippen LogP contribution in [-0.4, -0.2) is 31.7 Å². The predicted octanol–water partition coefficient (Wildman–Crippen LogP) is 0.664. The Morgan fingerprint density at radius 1 is 1.50 bits per heavy atom. The normalized spacial score (nSPS) is 23.2. The van der Waals surface area contributed by atoms with Crippen molar-refractivity contribution < 1.29 is 18.0 Å². The molecule has 14 heavy (non-hydrogen) atoms. The molecule has 1 aliphatic heterocycles. The average molecular weight is 210 g/mol. The molecule has 0 bridgehead atoms. The first-order valence-electron chi connectivity index (χ1n) is 4.54. The SMILES string of the molecule is O=C(NCC(F)(F)F)[C@H]1CCCNC1. The number of carbonyl (C=O) groups is 1. The lowest BCUT2D eigenvalue weighted by atomic mass is 9.99. The second-order valence-corrected chi connectivity index (χ2v) is 3.38. The van der Waals surface area contributed by atoms with Gasteiger partial charge in [-0.05, 0) is 19.4 Å². The van der Waals surface area contributed by atoms with E-state index < -0.39 is 18.6 Å². The smallest absolute Gasteiger partial charge is 0.347 e. The number of amides is 1. The van der Waals surface area contributed by atoms with Gasteiger partial charge in [0.2, 0.25) is 5.91 Å². The number of rotatable bonds is 2. The van der Waals surface area contributed by atoms with Crippen molar-refractivity contribution in [2.45, 2.75) is 19.0 Å². The Morgan fingerprint density at radius 3 is 2.71 bits per heavy atom. The largest absolute Gasteiger partial charge is 0.405 e. The molecule has 2 N–H and O–H groups in total. The lowest BCUT2D eigenvalue weighted by Crippen LogP contribution is -2.43. The van der Waals surface area contributed by atoms with Crippen molar-refractivity contribution in [2.75, 3.05) is 19.6 Å². The molecular formula is C8H13F3N2O. The Labute approximate surface area is 80.0 Å². The van der Waals surface area contributed by atoms with Gasteiger partial charge in [-0.2, -0.15) is 13.2 Å². The van der Waals surface area contributed by atoms with E-state index in [2.05, 4.69) is 5.32 Å². The van der Waals surface area contributed by atoms with Crippen LogP contribution >= 0.6 is 0 Å². The van der Waals surface area contributed by atoms with Crippen LogP contribution in [0.25, 0.3) is 0 Å². The van der Waals surface area contributed by atoms with Crippen molar-refractivity contribution in [3.8, 4) is 0 Å². The van der Waals surface area contributed by atoms with Crippen molar-refractivity contribution in [2.24, 2.45) is 5.92 Å². The van der Waals surface area contributed by atoms with Crippen LogP contribution in [-0.2, 0) is 4.79 Å². The van der Waals surface area contributed by atoms with Crippen LogP contribution in [0.5, 0.6) is 0 Å². The van der Waals surface area contributed by atoms with Crippen LogP contribution in [0.1, 0.15) is 12.8 Å². The number of nitrogens with one attached hydrogen (secondary N) is 2. The summed E-state index contributed by atoms with van der Waals surface area (Å²) < 4.78 is 35.3. The second kappa shape index (κ2) is 4.63. The summed E-state index contributed by atoms with van der Waals surface area (Å²) in [6.45, 7) is 0.0784. The van der Waals surface area contributed by atoms with Gasteiger partial charge in [0, 0.05) is 6.54 Å². The molecule has 0 radical (unpaired) electrons. The van der Waals surface area contributed by atoms with Gasteiger partial charge in [0.15, 0.2) is 0 Å². The molecule has 0 aromatic rings. The van der Waals surface area contributed by atoms with Gasteiger partial charge in [0.25, 0.3) is 0 Å². The number of alkyl halides is 3. The number of halogens is 3. The van der Waals surface area contributed by atoms with Gasteiger partial charge in [0.05, 0.1) is 5.92 Å². The Hall–Kier alpha value is -0.780. The summed E-state index contributed by atoms with van der Waals surface area (Å²) in [5, 5.41) is 4.86. The fraction of sp³-hybridized carbons (Fsp3) is 0.875. The van der Waals surface area contributed by atoms with E-state index in [4.69, 9.17) is 0 Å². The molecule has 0 spiro atoms. The van der Waals surface area contributed by atoms with E-state index in [9.17, 15) is 18.0 Å². The minimum atomic E-state index is -4.32. The van der Waals surface area contributed by atoms with Gasteiger partial charge in [-0.25, -0.2) is 0 Å². The minimum absolute atomic E-state index is 0.314. The first kappa shape index (κ1) is 11.3. The summed E-state index contributed by atoms with van der Waals surface area (Å²) in [4.78, 5) is 11.2. The van der Waals surface area contributed by atoms with E-state index in [0.29, 0.717) is 13.0 Å². The van der Waals surface area contributed by atoms with Crippen LogP contribution < -0.4 is 10.6 Å². The zero-order valence-electron chi connectivity index (χ0n) is 7.66. The zero-order chi connectivity index (χ0) is 10.6. The van der Waals surface area contributed by atoms with Crippen LogP contribution in [0.4, 0.5) is 13.2 Å². The quantitative estimate of drug-likeness (QED) is 0.703. The van der Waals surface area contributed by atoms with Gasteiger partial charge in [-0.1, -0.05) is 0 Å². The number of carbonyl (C=O) groups excluding carboxylic acids is 1. The van der Waals surface area contributed by atoms with E-state index in [0.717, 1.165) is 13.0 Å². The molecule has 3 nitrogen and oxygen atoms in total. The maximum absolute atomic E-state index is 11.8. The maximum Gasteiger partial charge on any atom is 0.405 e. The van der Waals surface area contributed by atoms with Crippen molar-refractivity contribution in [3.05, 3.63) is 0 Å². The highest BCUT2D eigenvalue weighted by Crippen LogP contribution is 2.14. The molecule has 82 valence electrons. The Bertz CT molecular complexity index is 199. The summed E-state index contributed by atoms with van der Waals surface area (Å²) in [7, 11) is 0. The lowest BCUT2D eigenvalue weighted by Gasteiger charge is -2.22. The number of hydrogen-bond donors (Lipinski definition) is 2. The Kier molecular flexibility index (Phi) is 3.74. The second-order valence-electron chi connectivity index (χ2n) is 3.38. The third-order valence-corrected chi connectivity index (χ3v) is 2.13. The van der Waals surface area contributed by atoms with Crippen LogP contribution in [0.15, 0.2) is 0 Å². The monoisotopic (exact) mass is 210 g/mol. The average Bonchev–Trinajstić information content (AvgIpc) is 2.14. The van der Waals surface area contributed by atoms with E-state index in [1.807, 2.05) is 5.32 Å². The molecule has 6 heteroatoms. The molecule has 1 aliphatic rings. The lowest BCUT2D eigenvalue weighted by molar-refractivity contribution is -0.141. The van der Waals surface area contributed by atoms with Gasteiger partial charge in [-0.15, -0.1) is 0 Å². The maximum atomic E-state index is 11.8. The van der Waals surface area contributed by atoms with Crippen LogP contribution in [0.3, 0.4) is 0 Å². The minimum Gasteiger partial charge on any atom is -0.347 e. The van der Waals surface area contributed by atoms with Crippen molar-refractivity contribution >= 4 is 5.91 Å². The summed E-state index contributed by atoms with van der Waals surface area (Å²) in [6.07, 6.45) is -2.82. The Balaban J connectivity index is 2.27. The molecule has 1 heterocycles. The molecule has 0 aromatic carbocycles. The van der Waals surface area contributed by atoms with E-state index >= 15 is 0 Å². The third-order valence-electron chi connectivity index (χ3n) is 2.13. The van der Waals surface area contributed by atoms with Crippen LogP contribution in [0.2, 0.25) is 0 Å². The molecule has 1 amide bonds. The van der Waals surface area contributed by atoms with Gasteiger partial charge in [-0.3, -0.25) is 4.79 Å². The highest BCUT2D eigenvalue weighted by atomic mass is 19.4. The van der Waals surface area contributed by atoms with Crippen molar-refractivity contribution in [3.63, 3.8) is 0 Å². The van der Waals surface area contributed by atoms with Gasteiger partial charge in [0.1, 0.15) is 6.54 Å². The fourth-order valence-electron chi connectivity index (χ4n) is 1.41. The third kappa shape index (κ3) is 3.95. The number of hydrogen-bond acceptors (Lipinski definition) is 2. The van der Waals surface area contributed by atoms with Gasteiger partial charge >= 0.3 is 6.18 Å². The first-order chi connectivity index (χ1) is 6.49. The van der Waals surface area contributed by atoms with E-state index in [-0.39, 0.29) is 5.92 Å². The zero-order valence-corrected chi connectivity index (χ0v) is 7.66. The fourth-order valence-corrected chi connectivity index (χ4v) is 1.41. The molecule has 0 unspecified atom stereocenters. The molecular weight excluding hydrogens is 197 g/mol. The topological polar surface area (TPSA) is 41.1 Å². The van der Waals surface area contributed by atoms with E-state index in [1.54, 1.807) is 0 Å². The predicted molar refractivity (Wildman–Crippen MR) is 44.7 cm³/mol. The molecule has 1 rings (SSSR count). The molecule has 0 saturated carbocycles. The first-order valence-corrected chi connectivity index (χ1v) is 4.54. The van der Waals surface area contributed by atoms with Crippen molar-refractivity contribution in [1.82, 2.24) is 10.6 Å². The van der Waals surface area contributed by atoms with Crippen molar-refractivity contribution in [1.29, 1.82) is 0 Å². The molecule has 1 atom stereocenters. The van der Waals surface area contributed by atoms with E-state index in [1.165, 1.54) is 0 Å². The van der Waals surface area contributed by atoms with Gasteiger partial charge < -0.3 is 10.6 Å². The summed E-state index contributed by atoms with van der Waals surface area (Å²) in [5.41, 5.74) is 0. The van der Waals surface area contributed by atoms with Crippen LogP contribution in [0, 0.1) is 5.92 Å². The molecule has 1 fully saturated rings. The Morgan fingerprint density at radius 2 is 2.21 bits per heavy atom. The molecule has 0 aromatic heterocycles. The standard InChI is InChI=1S/C8H13F3N2O/c9-8(10,11)5-13-7(14)6-2-1-3-12-4-6/h6,12H,1-5H2,(H,13,14)/t6-/m0/s1.